The number of benzene rings is 4. The summed E-state index contributed by atoms with van der Waals surface area (Å²) in [4.78, 5) is 45.2. The molecule has 0 aromatic heterocycles. The van der Waals surface area contributed by atoms with Gasteiger partial charge in [0, 0.05) is 20.0 Å². The van der Waals surface area contributed by atoms with Crippen LogP contribution in [0.1, 0.15) is 33.1 Å². The Balaban J connectivity index is 1.62. The molecule has 190 valence electrons. The van der Waals surface area contributed by atoms with Crippen molar-refractivity contribution in [2.45, 2.75) is 25.0 Å². The monoisotopic (exact) mass is 503 g/mol. The SMILES string of the molecule is CN1C(=O)C(Cc2ccccc2)N(C(C(=O)NCc2ccccc2)c2ccccc2)C(=O)c2ccccc21. The van der Waals surface area contributed by atoms with Crippen molar-refractivity contribution in [1.29, 1.82) is 0 Å². The Morgan fingerprint density at radius 3 is 1.97 bits per heavy atom. The van der Waals surface area contributed by atoms with E-state index in [4.69, 9.17) is 0 Å². The van der Waals surface area contributed by atoms with Crippen LogP contribution in [0.2, 0.25) is 0 Å². The predicted molar refractivity (Wildman–Crippen MR) is 147 cm³/mol. The van der Waals surface area contributed by atoms with E-state index >= 15 is 0 Å². The van der Waals surface area contributed by atoms with Gasteiger partial charge in [-0.15, -0.1) is 0 Å². The molecular formula is C32H29N3O3. The summed E-state index contributed by atoms with van der Waals surface area (Å²) in [6.07, 6.45) is 0.277. The molecule has 5 rings (SSSR count). The highest BCUT2D eigenvalue weighted by Gasteiger charge is 2.44. The van der Waals surface area contributed by atoms with E-state index in [0.717, 1.165) is 11.1 Å². The fraction of sp³-hybridized carbons (Fsp3) is 0.156. The van der Waals surface area contributed by atoms with Gasteiger partial charge >= 0.3 is 0 Å². The number of rotatable bonds is 7. The minimum atomic E-state index is -1.01. The van der Waals surface area contributed by atoms with Crippen molar-refractivity contribution >= 4 is 23.4 Å². The molecule has 0 aliphatic carbocycles. The van der Waals surface area contributed by atoms with Gasteiger partial charge in [-0.2, -0.15) is 0 Å². The molecule has 1 aliphatic heterocycles. The van der Waals surface area contributed by atoms with Crippen LogP contribution >= 0.6 is 0 Å². The summed E-state index contributed by atoms with van der Waals surface area (Å²) in [5.41, 5.74) is 3.39. The van der Waals surface area contributed by atoms with Gasteiger partial charge in [0.25, 0.3) is 5.91 Å². The lowest BCUT2D eigenvalue weighted by molar-refractivity contribution is -0.130. The Kier molecular flexibility index (Phi) is 7.31. The number of carbonyl (C=O) groups excluding carboxylic acids is 3. The molecule has 2 atom stereocenters. The van der Waals surface area contributed by atoms with E-state index in [2.05, 4.69) is 5.32 Å². The number of carbonyl (C=O) groups is 3. The van der Waals surface area contributed by atoms with E-state index in [-0.39, 0.29) is 24.1 Å². The third-order valence-corrected chi connectivity index (χ3v) is 6.91. The van der Waals surface area contributed by atoms with Crippen LogP contribution in [0.25, 0.3) is 0 Å². The summed E-state index contributed by atoms with van der Waals surface area (Å²) in [5, 5.41) is 3.01. The molecule has 6 heteroatoms. The average Bonchev–Trinajstić information content (AvgIpc) is 3.04. The first kappa shape index (κ1) is 25.0. The summed E-state index contributed by atoms with van der Waals surface area (Å²) >= 11 is 0. The van der Waals surface area contributed by atoms with E-state index in [9.17, 15) is 14.4 Å². The molecule has 4 aromatic rings. The molecule has 0 saturated carbocycles. The van der Waals surface area contributed by atoms with Crippen LogP contribution in [0, 0.1) is 0 Å². The largest absolute Gasteiger partial charge is 0.350 e. The van der Waals surface area contributed by atoms with E-state index < -0.39 is 12.1 Å². The highest BCUT2D eigenvalue weighted by Crippen LogP contribution is 2.34. The summed E-state index contributed by atoms with van der Waals surface area (Å²) in [7, 11) is 1.68. The molecule has 6 nitrogen and oxygen atoms in total. The Morgan fingerprint density at radius 1 is 0.763 bits per heavy atom. The van der Waals surface area contributed by atoms with Crippen molar-refractivity contribution in [3.05, 3.63) is 138 Å². The van der Waals surface area contributed by atoms with Gasteiger partial charge in [-0.1, -0.05) is 103 Å². The first-order valence-electron chi connectivity index (χ1n) is 12.6. The first-order chi connectivity index (χ1) is 18.5. The topological polar surface area (TPSA) is 69.7 Å². The predicted octanol–water partition coefficient (Wildman–Crippen LogP) is 4.77. The summed E-state index contributed by atoms with van der Waals surface area (Å²) in [6, 6.07) is 33.5. The van der Waals surface area contributed by atoms with Gasteiger partial charge in [-0.05, 0) is 28.8 Å². The average molecular weight is 504 g/mol. The minimum absolute atomic E-state index is 0.246. The quantitative estimate of drug-likeness (QED) is 0.395. The molecule has 3 amide bonds. The second kappa shape index (κ2) is 11.1. The van der Waals surface area contributed by atoms with Crippen LogP contribution in [0.5, 0.6) is 0 Å². The maximum Gasteiger partial charge on any atom is 0.257 e. The van der Waals surface area contributed by atoms with Crippen LogP contribution < -0.4 is 10.2 Å². The molecule has 1 aliphatic rings. The molecule has 1 heterocycles. The number of anilines is 1. The Hall–Kier alpha value is -4.71. The number of fused-ring (bicyclic) bond motifs is 1. The molecule has 1 N–H and O–H groups in total. The zero-order valence-corrected chi connectivity index (χ0v) is 21.2. The fourth-order valence-electron chi connectivity index (χ4n) is 4.96. The smallest absolute Gasteiger partial charge is 0.257 e. The van der Waals surface area contributed by atoms with E-state index in [1.54, 1.807) is 31.3 Å². The lowest BCUT2D eigenvalue weighted by Crippen LogP contribution is -2.53. The van der Waals surface area contributed by atoms with E-state index in [0.29, 0.717) is 23.4 Å². The van der Waals surface area contributed by atoms with E-state index in [1.165, 1.54) is 9.80 Å². The molecule has 38 heavy (non-hydrogen) atoms. The van der Waals surface area contributed by atoms with Crippen LogP contribution in [0.3, 0.4) is 0 Å². The maximum atomic E-state index is 14.3. The number of nitrogens with one attached hydrogen (secondary N) is 1. The standard InChI is InChI=1S/C32H29N3O3/c1-34-27-20-12-11-19-26(27)31(37)35(28(32(34)38)21-23-13-5-2-6-14-23)29(25-17-9-4-10-18-25)30(36)33-22-24-15-7-3-8-16-24/h2-20,28-29H,21-22H2,1H3,(H,33,36). The molecule has 0 radical (unpaired) electrons. The van der Waals surface area contributed by atoms with Gasteiger partial charge in [0.2, 0.25) is 11.8 Å². The fourth-order valence-corrected chi connectivity index (χ4v) is 4.96. The Labute approximate surface area is 222 Å². The summed E-state index contributed by atoms with van der Waals surface area (Å²) in [6.45, 7) is 0.304. The third-order valence-electron chi connectivity index (χ3n) is 6.91. The first-order valence-corrected chi connectivity index (χ1v) is 12.6. The molecule has 4 aromatic carbocycles. The second-order valence-electron chi connectivity index (χ2n) is 9.35. The summed E-state index contributed by atoms with van der Waals surface area (Å²) in [5.74, 6) is -0.951. The molecule has 2 unspecified atom stereocenters. The normalized spacial score (nSPS) is 16.0. The van der Waals surface area contributed by atoms with Crippen LogP contribution in [0.15, 0.2) is 115 Å². The minimum Gasteiger partial charge on any atom is -0.350 e. The van der Waals surface area contributed by atoms with Crippen molar-refractivity contribution in [2.24, 2.45) is 0 Å². The van der Waals surface area contributed by atoms with Gasteiger partial charge in [-0.3, -0.25) is 14.4 Å². The van der Waals surface area contributed by atoms with Gasteiger partial charge in [0.05, 0.1) is 11.3 Å². The number of amides is 3. The summed E-state index contributed by atoms with van der Waals surface area (Å²) < 4.78 is 0. The number of hydrogen-bond donors (Lipinski definition) is 1. The lowest BCUT2D eigenvalue weighted by Gasteiger charge is -2.36. The number of likely N-dealkylation sites (N-methyl/N-ethyl adjacent to an activating group) is 1. The van der Waals surface area contributed by atoms with Gasteiger partial charge in [0.1, 0.15) is 12.1 Å². The van der Waals surface area contributed by atoms with Crippen molar-refractivity contribution in [1.82, 2.24) is 10.2 Å². The van der Waals surface area contributed by atoms with Crippen molar-refractivity contribution < 1.29 is 14.4 Å². The number of hydrogen-bond acceptors (Lipinski definition) is 3. The third kappa shape index (κ3) is 5.06. The highest BCUT2D eigenvalue weighted by atomic mass is 16.2. The van der Waals surface area contributed by atoms with Crippen LogP contribution in [0.4, 0.5) is 5.69 Å². The molecule has 0 saturated heterocycles. The zero-order chi connectivity index (χ0) is 26.5. The zero-order valence-electron chi connectivity index (χ0n) is 21.2. The van der Waals surface area contributed by atoms with Gasteiger partial charge < -0.3 is 15.1 Å². The van der Waals surface area contributed by atoms with Crippen LogP contribution in [-0.2, 0) is 22.6 Å². The van der Waals surface area contributed by atoms with E-state index in [1.807, 2.05) is 91.0 Å². The highest BCUT2D eigenvalue weighted by molar-refractivity contribution is 6.12. The molecule has 0 fully saturated rings. The second-order valence-corrected chi connectivity index (χ2v) is 9.35. The Morgan fingerprint density at radius 2 is 1.32 bits per heavy atom. The number of para-hydroxylation sites is 1. The lowest BCUT2D eigenvalue weighted by atomic mass is 9.97. The maximum absolute atomic E-state index is 14.3. The van der Waals surface area contributed by atoms with Crippen LogP contribution in [-0.4, -0.2) is 35.7 Å². The van der Waals surface area contributed by atoms with Gasteiger partial charge in [-0.25, -0.2) is 0 Å². The van der Waals surface area contributed by atoms with Crippen molar-refractivity contribution in [3.63, 3.8) is 0 Å². The molecule has 0 bridgehead atoms. The Bertz CT molecular complexity index is 1420. The van der Waals surface area contributed by atoms with Gasteiger partial charge in [0.15, 0.2) is 0 Å². The molecule has 0 spiro atoms. The molecular weight excluding hydrogens is 474 g/mol. The number of nitrogens with zero attached hydrogens (tertiary/aromatic N) is 2. The van der Waals surface area contributed by atoms with Crippen molar-refractivity contribution in [3.8, 4) is 0 Å². The van der Waals surface area contributed by atoms with Crippen molar-refractivity contribution in [2.75, 3.05) is 11.9 Å².